The lowest BCUT2D eigenvalue weighted by molar-refractivity contribution is -0.112. The smallest absolute Gasteiger partial charge is 0.267 e. The van der Waals surface area contributed by atoms with E-state index in [1.165, 1.54) is 20.4 Å². The SMILES string of the molecule is COc1ccc(OC)c(NC(=O)/C(C#N)=C\Nc2ccc(Br)c(C)c2)c1. The summed E-state index contributed by atoms with van der Waals surface area (Å²) in [7, 11) is 3.02. The van der Waals surface area contributed by atoms with Gasteiger partial charge in [0.2, 0.25) is 0 Å². The van der Waals surface area contributed by atoms with Crippen molar-refractivity contribution < 1.29 is 14.3 Å². The zero-order valence-electron chi connectivity index (χ0n) is 14.6. The van der Waals surface area contributed by atoms with Crippen molar-refractivity contribution in [3.8, 4) is 17.6 Å². The molecule has 0 saturated heterocycles. The summed E-state index contributed by atoms with van der Waals surface area (Å²) >= 11 is 3.43. The van der Waals surface area contributed by atoms with Gasteiger partial charge in [0.15, 0.2) is 0 Å². The number of carbonyl (C=O) groups is 1. The number of methoxy groups -OCH3 is 2. The van der Waals surface area contributed by atoms with Crippen molar-refractivity contribution in [3.05, 3.63) is 58.2 Å². The highest BCUT2D eigenvalue weighted by Crippen LogP contribution is 2.29. The summed E-state index contributed by atoms with van der Waals surface area (Å²) in [5, 5.41) is 14.9. The number of rotatable bonds is 6. The molecule has 2 rings (SSSR count). The molecule has 6 nitrogen and oxygen atoms in total. The number of ether oxygens (including phenoxy) is 2. The fraction of sp³-hybridized carbons (Fsp3) is 0.158. The molecule has 0 fully saturated rings. The van der Waals surface area contributed by atoms with Crippen LogP contribution in [-0.4, -0.2) is 20.1 Å². The molecule has 26 heavy (non-hydrogen) atoms. The molecule has 2 aromatic carbocycles. The van der Waals surface area contributed by atoms with Crippen molar-refractivity contribution in [3.63, 3.8) is 0 Å². The maximum Gasteiger partial charge on any atom is 0.267 e. The number of hydrogen-bond acceptors (Lipinski definition) is 5. The van der Waals surface area contributed by atoms with E-state index in [1.54, 1.807) is 18.2 Å². The molecule has 0 spiro atoms. The first-order valence-electron chi connectivity index (χ1n) is 7.64. The van der Waals surface area contributed by atoms with Gasteiger partial charge in [-0.15, -0.1) is 0 Å². The van der Waals surface area contributed by atoms with Gasteiger partial charge in [-0.1, -0.05) is 15.9 Å². The number of benzene rings is 2. The van der Waals surface area contributed by atoms with E-state index >= 15 is 0 Å². The van der Waals surface area contributed by atoms with Gasteiger partial charge in [0.25, 0.3) is 5.91 Å². The predicted molar refractivity (Wildman–Crippen MR) is 104 cm³/mol. The number of anilines is 2. The highest BCUT2D eigenvalue weighted by molar-refractivity contribution is 9.10. The Bertz CT molecular complexity index is 888. The van der Waals surface area contributed by atoms with Crippen LogP contribution in [0.5, 0.6) is 11.5 Å². The lowest BCUT2D eigenvalue weighted by atomic mass is 10.2. The summed E-state index contributed by atoms with van der Waals surface area (Å²) in [6, 6.07) is 12.5. The zero-order chi connectivity index (χ0) is 19.1. The lowest BCUT2D eigenvalue weighted by Crippen LogP contribution is -2.15. The quantitative estimate of drug-likeness (QED) is 0.544. The molecule has 0 saturated carbocycles. The molecule has 7 heteroatoms. The summed E-state index contributed by atoms with van der Waals surface area (Å²) in [5.74, 6) is 0.473. The lowest BCUT2D eigenvalue weighted by Gasteiger charge is -2.11. The summed E-state index contributed by atoms with van der Waals surface area (Å²) in [4.78, 5) is 12.4. The van der Waals surface area contributed by atoms with Crippen LogP contribution in [0.1, 0.15) is 5.56 Å². The molecule has 0 radical (unpaired) electrons. The minimum atomic E-state index is -0.555. The van der Waals surface area contributed by atoms with Crippen molar-refractivity contribution in [1.29, 1.82) is 5.26 Å². The summed E-state index contributed by atoms with van der Waals surface area (Å²) in [6.45, 7) is 1.95. The van der Waals surface area contributed by atoms with E-state index in [0.29, 0.717) is 17.2 Å². The molecule has 0 bridgehead atoms. The standard InChI is InChI=1S/C19H18BrN3O3/c1-12-8-14(4-6-16(12)20)22-11-13(10-21)19(24)23-17-9-15(25-2)5-7-18(17)26-3/h4-9,11,22H,1-3H3,(H,23,24)/b13-11-. The average Bonchev–Trinajstić information content (AvgIpc) is 2.65. The van der Waals surface area contributed by atoms with Crippen LogP contribution in [-0.2, 0) is 4.79 Å². The van der Waals surface area contributed by atoms with Gasteiger partial charge in [0.05, 0.1) is 19.9 Å². The van der Waals surface area contributed by atoms with Gasteiger partial charge in [-0.25, -0.2) is 0 Å². The monoisotopic (exact) mass is 415 g/mol. The first-order chi connectivity index (χ1) is 12.5. The summed E-state index contributed by atoms with van der Waals surface area (Å²) < 4.78 is 11.3. The van der Waals surface area contributed by atoms with Gasteiger partial charge in [-0.05, 0) is 42.8 Å². The Kier molecular flexibility index (Phi) is 6.64. The molecular weight excluding hydrogens is 398 g/mol. The highest BCUT2D eigenvalue weighted by Gasteiger charge is 2.13. The van der Waals surface area contributed by atoms with Crippen LogP contribution in [0.3, 0.4) is 0 Å². The largest absolute Gasteiger partial charge is 0.497 e. The number of aryl methyl sites for hydroxylation is 1. The van der Waals surface area contributed by atoms with Gasteiger partial charge < -0.3 is 20.1 Å². The predicted octanol–water partition coefficient (Wildman–Crippen LogP) is 4.23. The molecule has 134 valence electrons. The molecule has 0 aromatic heterocycles. The number of amides is 1. The number of halogens is 1. The molecule has 2 aromatic rings. The van der Waals surface area contributed by atoms with Gasteiger partial charge in [0.1, 0.15) is 23.1 Å². The Morgan fingerprint density at radius 2 is 1.96 bits per heavy atom. The van der Waals surface area contributed by atoms with Crippen LogP contribution in [0.2, 0.25) is 0 Å². The van der Waals surface area contributed by atoms with Gasteiger partial charge in [-0.3, -0.25) is 4.79 Å². The van der Waals surface area contributed by atoms with Crippen LogP contribution in [0.4, 0.5) is 11.4 Å². The molecule has 1 amide bonds. The van der Waals surface area contributed by atoms with Crippen LogP contribution >= 0.6 is 15.9 Å². The minimum Gasteiger partial charge on any atom is -0.497 e. The number of nitriles is 1. The second-order valence-corrected chi connectivity index (χ2v) is 6.15. The van der Waals surface area contributed by atoms with Gasteiger partial charge in [-0.2, -0.15) is 5.26 Å². The molecule has 0 aliphatic heterocycles. The third-order valence-electron chi connectivity index (χ3n) is 3.56. The van der Waals surface area contributed by atoms with Crippen LogP contribution in [0, 0.1) is 18.3 Å². The van der Waals surface area contributed by atoms with Gasteiger partial charge >= 0.3 is 0 Å². The topological polar surface area (TPSA) is 83.4 Å². The van der Waals surface area contributed by atoms with E-state index in [-0.39, 0.29) is 5.57 Å². The molecule has 0 unspecified atom stereocenters. The first kappa shape index (κ1) is 19.3. The van der Waals surface area contributed by atoms with Crippen molar-refractivity contribution in [2.45, 2.75) is 6.92 Å². The van der Waals surface area contributed by atoms with Crippen LogP contribution < -0.4 is 20.1 Å². The normalized spacial score (nSPS) is 10.7. The molecule has 0 heterocycles. The third kappa shape index (κ3) is 4.77. The van der Waals surface area contributed by atoms with Crippen LogP contribution in [0.25, 0.3) is 0 Å². The van der Waals surface area contributed by atoms with Crippen molar-refractivity contribution in [2.75, 3.05) is 24.9 Å². The third-order valence-corrected chi connectivity index (χ3v) is 4.45. The van der Waals surface area contributed by atoms with Crippen molar-refractivity contribution >= 4 is 33.2 Å². The number of nitrogens with one attached hydrogen (secondary N) is 2. The van der Waals surface area contributed by atoms with E-state index < -0.39 is 5.91 Å². The molecular formula is C19H18BrN3O3. The van der Waals surface area contributed by atoms with E-state index in [2.05, 4.69) is 26.6 Å². The van der Waals surface area contributed by atoms with Crippen molar-refractivity contribution in [2.24, 2.45) is 0 Å². The Balaban J connectivity index is 2.18. The van der Waals surface area contributed by atoms with Gasteiger partial charge in [0, 0.05) is 22.4 Å². The van der Waals surface area contributed by atoms with E-state index in [1.807, 2.05) is 31.2 Å². The highest BCUT2D eigenvalue weighted by atomic mass is 79.9. The van der Waals surface area contributed by atoms with E-state index in [9.17, 15) is 10.1 Å². The second-order valence-electron chi connectivity index (χ2n) is 5.30. The molecule has 0 aliphatic rings. The Morgan fingerprint density at radius 1 is 1.19 bits per heavy atom. The maximum atomic E-state index is 12.4. The Labute approximate surface area is 160 Å². The average molecular weight is 416 g/mol. The molecule has 2 N–H and O–H groups in total. The Morgan fingerprint density at radius 3 is 2.58 bits per heavy atom. The van der Waals surface area contributed by atoms with Crippen LogP contribution in [0.15, 0.2) is 52.6 Å². The Hall–Kier alpha value is -2.98. The molecule has 0 atom stereocenters. The minimum absolute atomic E-state index is 0.0737. The zero-order valence-corrected chi connectivity index (χ0v) is 16.2. The second kappa shape index (κ2) is 8.92. The number of nitrogens with zero attached hydrogens (tertiary/aromatic N) is 1. The van der Waals surface area contributed by atoms with E-state index in [0.717, 1.165) is 15.7 Å². The molecule has 0 aliphatic carbocycles. The summed E-state index contributed by atoms with van der Waals surface area (Å²) in [5.41, 5.74) is 2.14. The number of hydrogen-bond donors (Lipinski definition) is 2. The maximum absolute atomic E-state index is 12.4. The van der Waals surface area contributed by atoms with Crippen molar-refractivity contribution in [1.82, 2.24) is 0 Å². The van der Waals surface area contributed by atoms with E-state index in [4.69, 9.17) is 9.47 Å². The first-order valence-corrected chi connectivity index (χ1v) is 8.44. The fourth-order valence-electron chi connectivity index (χ4n) is 2.14. The number of carbonyl (C=O) groups excluding carboxylic acids is 1. The fourth-order valence-corrected chi connectivity index (χ4v) is 2.39. The summed E-state index contributed by atoms with van der Waals surface area (Å²) in [6.07, 6.45) is 1.37.